The molecule has 8 heteroatoms. The summed E-state index contributed by atoms with van der Waals surface area (Å²) in [7, 11) is 0. The van der Waals surface area contributed by atoms with Crippen molar-refractivity contribution < 1.29 is 24.5 Å². The zero-order chi connectivity index (χ0) is 26.2. The summed E-state index contributed by atoms with van der Waals surface area (Å²) in [5.74, 6) is -1.44. The van der Waals surface area contributed by atoms with Gasteiger partial charge in [-0.3, -0.25) is 9.59 Å². The number of aliphatic hydroxyl groups excluding tert-OH is 2. The highest BCUT2D eigenvalue weighted by atomic mass is 32.1. The Morgan fingerprint density at radius 2 is 2.03 bits per heavy atom. The maximum absolute atomic E-state index is 13.4. The molecule has 1 aliphatic heterocycles. The van der Waals surface area contributed by atoms with Crippen LogP contribution in [0.2, 0.25) is 0 Å². The fourth-order valence-corrected chi connectivity index (χ4v) is 5.05. The fraction of sp³-hybridized carbons (Fsp3) is 0.667. The molecule has 4 N–H and O–H groups in total. The van der Waals surface area contributed by atoms with Crippen molar-refractivity contribution in [1.29, 1.82) is 0 Å². The Kier molecular flexibility index (Phi) is 11.3. The van der Waals surface area contributed by atoms with Crippen molar-refractivity contribution in [3.63, 3.8) is 0 Å². The van der Waals surface area contributed by atoms with E-state index in [-0.39, 0.29) is 18.1 Å². The number of hydrogen-bond acceptors (Lipinski definition) is 8. The second-order valence-electron chi connectivity index (χ2n) is 10.2. The SMILES string of the molecule is CCC1C(=O)C(C)(C)C(O)CC(=O)OC(C=Cc2csc(CN)n2)C/C=C(\C)CCCC(C)C1O. The van der Waals surface area contributed by atoms with Crippen LogP contribution >= 0.6 is 11.3 Å². The van der Waals surface area contributed by atoms with Gasteiger partial charge in [-0.1, -0.05) is 39.3 Å². The average molecular weight is 507 g/mol. The molecule has 0 bridgehead atoms. The summed E-state index contributed by atoms with van der Waals surface area (Å²) in [5.41, 5.74) is 6.38. The number of aliphatic hydroxyl groups is 2. The van der Waals surface area contributed by atoms with Crippen LogP contribution in [-0.4, -0.2) is 45.3 Å². The molecule has 0 saturated carbocycles. The Labute approximate surface area is 213 Å². The van der Waals surface area contributed by atoms with E-state index in [0.717, 1.165) is 30.0 Å². The number of cyclic esters (lactones) is 1. The smallest absolute Gasteiger partial charge is 0.309 e. The van der Waals surface area contributed by atoms with Crippen LogP contribution in [0.4, 0.5) is 0 Å². The zero-order valence-electron chi connectivity index (χ0n) is 21.7. The lowest BCUT2D eigenvalue weighted by atomic mass is 9.71. The van der Waals surface area contributed by atoms with Crippen LogP contribution in [0.3, 0.4) is 0 Å². The number of nitrogens with zero attached hydrogens (tertiary/aromatic N) is 1. The number of hydrogen-bond donors (Lipinski definition) is 3. The van der Waals surface area contributed by atoms with Crippen LogP contribution in [0, 0.1) is 17.3 Å². The lowest BCUT2D eigenvalue weighted by molar-refractivity contribution is -0.154. The molecule has 0 spiro atoms. The maximum atomic E-state index is 13.4. The van der Waals surface area contributed by atoms with Gasteiger partial charge in [0.25, 0.3) is 0 Å². The van der Waals surface area contributed by atoms with E-state index in [2.05, 4.69) is 11.1 Å². The quantitative estimate of drug-likeness (QED) is 0.408. The molecule has 2 rings (SSSR count). The highest BCUT2D eigenvalue weighted by Gasteiger charge is 2.43. The summed E-state index contributed by atoms with van der Waals surface area (Å²) in [6.45, 7) is 9.54. The number of Topliss-reactive ketones (excluding diaryl/α,β-unsaturated/α-hetero) is 1. The van der Waals surface area contributed by atoms with Crippen molar-refractivity contribution in [3.8, 4) is 0 Å². The van der Waals surface area contributed by atoms with E-state index in [1.807, 2.05) is 32.2 Å². The molecule has 0 radical (unpaired) electrons. The van der Waals surface area contributed by atoms with Crippen molar-refractivity contribution in [1.82, 2.24) is 4.98 Å². The third kappa shape index (κ3) is 8.34. The van der Waals surface area contributed by atoms with Gasteiger partial charge in [-0.05, 0) is 50.7 Å². The highest BCUT2D eigenvalue weighted by Crippen LogP contribution is 2.33. The number of ether oxygens (including phenoxy) is 1. The Balaban J connectivity index is 2.29. The first-order chi connectivity index (χ1) is 16.5. The van der Waals surface area contributed by atoms with E-state index >= 15 is 0 Å². The predicted molar refractivity (Wildman–Crippen MR) is 140 cm³/mol. The number of rotatable bonds is 4. The molecule has 5 unspecified atom stereocenters. The van der Waals surface area contributed by atoms with Gasteiger partial charge in [0.15, 0.2) is 0 Å². The van der Waals surface area contributed by atoms with Gasteiger partial charge in [0.1, 0.15) is 16.9 Å². The first kappa shape index (κ1) is 29.4. The van der Waals surface area contributed by atoms with Crippen LogP contribution in [-0.2, 0) is 20.9 Å². The normalized spacial score (nSPS) is 31.2. The summed E-state index contributed by atoms with van der Waals surface area (Å²) < 4.78 is 5.70. The van der Waals surface area contributed by atoms with E-state index in [4.69, 9.17) is 10.5 Å². The van der Waals surface area contributed by atoms with Crippen LogP contribution < -0.4 is 5.73 Å². The number of ketones is 1. The van der Waals surface area contributed by atoms with Gasteiger partial charge in [-0.2, -0.15) is 0 Å². The minimum atomic E-state index is -1.22. The molecule has 0 aromatic carbocycles. The standard InChI is InChI=1S/C27H42N2O5S/c1-6-21-25(32)18(3)9-7-8-17(2)10-12-20(13-11-19-16-35-23(15-28)29-19)34-24(31)14-22(30)27(4,5)26(21)33/h10-11,13,16,18,20-22,25,30,32H,6-9,12,14-15,28H2,1-5H3/b13-11?,17-10+. The Hall–Kier alpha value is -1.87. The van der Waals surface area contributed by atoms with Gasteiger partial charge in [-0.25, -0.2) is 4.98 Å². The number of aromatic nitrogens is 1. The first-order valence-corrected chi connectivity index (χ1v) is 13.5. The molecule has 7 nitrogen and oxygen atoms in total. The summed E-state index contributed by atoms with van der Waals surface area (Å²) >= 11 is 1.48. The molecule has 1 aromatic heterocycles. The minimum Gasteiger partial charge on any atom is -0.458 e. The molecule has 0 saturated heterocycles. The fourth-order valence-electron chi connectivity index (χ4n) is 4.41. The van der Waals surface area contributed by atoms with Crippen molar-refractivity contribution in [2.45, 2.75) is 98.0 Å². The summed E-state index contributed by atoms with van der Waals surface area (Å²) in [6.07, 6.45) is 6.36. The largest absolute Gasteiger partial charge is 0.458 e. The summed E-state index contributed by atoms with van der Waals surface area (Å²) in [6, 6.07) is 0. The van der Waals surface area contributed by atoms with Crippen molar-refractivity contribution >= 4 is 29.2 Å². The number of allylic oxidation sites excluding steroid dienone is 1. The minimum absolute atomic E-state index is 0.0466. The van der Waals surface area contributed by atoms with E-state index in [1.165, 1.54) is 16.9 Å². The summed E-state index contributed by atoms with van der Waals surface area (Å²) in [4.78, 5) is 30.5. The number of thiazole rings is 1. The highest BCUT2D eigenvalue weighted by molar-refractivity contribution is 7.09. The maximum Gasteiger partial charge on any atom is 0.309 e. The van der Waals surface area contributed by atoms with E-state index in [1.54, 1.807) is 19.9 Å². The molecule has 0 amide bonds. The second-order valence-corrected chi connectivity index (χ2v) is 11.2. The lowest BCUT2D eigenvalue weighted by Gasteiger charge is -2.35. The number of carbonyl (C=O) groups is 2. The van der Waals surface area contributed by atoms with Gasteiger partial charge in [0.05, 0.1) is 29.7 Å². The lowest BCUT2D eigenvalue weighted by Crippen LogP contribution is -2.46. The third-order valence-corrected chi connectivity index (χ3v) is 7.93. The topological polar surface area (TPSA) is 123 Å². The van der Waals surface area contributed by atoms with Gasteiger partial charge < -0.3 is 20.7 Å². The Bertz CT molecular complexity index is 907. The third-order valence-electron chi connectivity index (χ3n) is 7.04. The molecule has 5 atom stereocenters. The van der Waals surface area contributed by atoms with Gasteiger partial charge >= 0.3 is 5.97 Å². The van der Waals surface area contributed by atoms with Crippen LogP contribution in [0.25, 0.3) is 6.08 Å². The van der Waals surface area contributed by atoms with Crippen LogP contribution in [0.5, 0.6) is 0 Å². The molecular formula is C27H42N2O5S. The monoisotopic (exact) mass is 506 g/mol. The Morgan fingerprint density at radius 3 is 2.66 bits per heavy atom. The van der Waals surface area contributed by atoms with Crippen LogP contribution in [0.1, 0.15) is 83.8 Å². The van der Waals surface area contributed by atoms with Gasteiger partial charge in [0.2, 0.25) is 0 Å². The Morgan fingerprint density at radius 1 is 1.31 bits per heavy atom. The molecule has 1 aromatic rings. The van der Waals surface area contributed by atoms with Crippen molar-refractivity contribution in [2.24, 2.45) is 23.0 Å². The number of carbonyl (C=O) groups excluding carboxylic acids is 2. The van der Waals surface area contributed by atoms with Gasteiger partial charge in [-0.15, -0.1) is 11.3 Å². The molecule has 1 aliphatic rings. The molecule has 2 heterocycles. The molecule has 0 aliphatic carbocycles. The average Bonchev–Trinajstić information content (AvgIpc) is 3.28. The van der Waals surface area contributed by atoms with Crippen molar-refractivity contribution in [3.05, 3.63) is 33.8 Å². The van der Waals surface area contributed by atoms with E-state index in [9.17, 15) is 19.8 Å². The van der Waals surface area contributed by atoms with Gasteiger partial charge in [0, 0.05) is 24.3 Å². The predicted octanol–water partition coefficient (Wildman–Crippen LogP) is 4.42. The first-order valence-electron chi connectivity index (χ1n) is 12.6. The van der Waals surface area contributed by atoms with Crippen molar-refractivity contribution in [2.75, 3.05) is 0 Å². The second kappa shape index (κ2) is 13.4. The molecule has 196 valence electrons. The number of esters is 1. The van der Waals surface area contributed by atoms with E-state index < -0.39 is 35.6 Å². The zero-order valence-corrected chi connectivity index (χ0v) is 22.5. The van der Waals surface area contributed by atoms with Crippen LogP contribution in [0.15, 0.2) is 23.1 Å². The van der Waals surface area contributed by atoms with E-state index in [0.29, 0.717) is 19.4 Å². The molecule has 0 fully saturated rings. The summed E-state index contributed by atoms with van der Waals surface area (Å²) in [5, 5.41) is 24.5. The molecular weight excluding hydrogens is 464 g/mol. The number of nitrogens with two attached hydrogens (primary N) is 1. The molecule has 35 heavy (non-hydrogen) atoms.